The zero-order valence-corrected chi connectivity index (χ0v) is 17.4. The van der Waals surface area contributed by atoms with Gasteiger partial charge in [0.25, 0.3) is 5.91 Å². The zero-order valence-electron chi connectivity index (χ0n) is 15.3. The highest BCUT2D eigenvalue weighted by atomic mass is 127. The third-order valence-electron chi connectivity index (χ3n) is 4.18. The van der Waals surface area contributed by atoms with Gasteiger partial charge in [-0.05, 0) is 46.9 Å². The van der Waals surface area contributed by atoms with E-state index in [1.165, 1.54) is 5.48 Å². The summed E-state index contributed by atoms with van der Waals surface area (Å²) in [6, 6.07) is 1.79. The van der Waals surface area contributed by atoms with Crippen molar-refractivity contribution in [3.8, 4) is 0 Å². The highest BCUT2D eigenvalue weighted by Gasteiger charge is 2.73. The van der Waals surface area contributed by atoms with Gasteiger partial charge in [0.05, 0.1) is 22.5 Å². The average molecular weight is 608 g/mol. The van der Waals surface area contributed by atoms with Gasteiger partial charge in [-0.1, -0.05) is 6.07 Å². The Bertz CT molecular complexity index is 1050. The summed E-state index contributed by atoms with van der Waals surface area (Å²) in [5.74, 6) is -3.03. The second-order valence-electron chi connectivity index (χ2n) is 6.27. The Kier molecular flexibility index (Phi) is 7.14. The Morgan fingerprint density at radius 1 is 0.909 bits per heavy atom. The normalized spacial score (nSPS) is 13.1. The summed E-state index contributed by atoms with van der Waals surface area (Å²) in [6.45, 7) is 0. The number of amides is 1. The van der Waals surface area contributed by atoms with Crippen LogP contribution >= 0.6 is 22.6 Å². The second-order valence-corrected chi connectivity index (χ2v) is 7.43. The topological polar surface area (TPSA) is 61.4 Å². The number of hydrogen-bond acceptors (Lipinski definition) is 3. The van der Waals surface area contributed by atoms with Crippen molar-refractivity contribution in [1.29, 1.82) is 0 Å². The summed E-state index contributed by atoms with van der Waals surface area (Å²) in [5, 5.41) is 10.3. The van der Waals surface area contributed by atoms with Crippen molar-refractivity contribution in [3.05, 3.63) is 56.4 Å². The molecule has 0 bridgehead atoms. The molecule has 0 aliphatic heterocycles. The summed E-state index contributed by atoms with van der Waals surface area (Å²) in [4.78, 5) is 12.3. The Balaban J connectivity index is 2.71. The minimum atomic E-state index is -6.68. The average Bonchev–Trinajstić information content (AvgIpc) is 2.66. The number of anilines is 2. The van der Waals surface area contributed by atoms with Crippen LogP contribution in [0.3, 0.4) is 0 Å². The minimum absolute atomic E-state index is 0.172. The lowest BCUT2D eigenvalue weighted by Gasteiger charge is -2.31. The largest absolute Gasteiger partial charge is 0.435 e. The van der Waals surface area contributed by atoms with Crippen LogP contribution in [0.1, 0.15) is 21.5 Å². The fourth-order valence-corrected chi connectivity index (χ4v) is 3.38. The molecule has 0 fully saturated rings. The van der Waals surface area contributed by atoms with Crippen LogP contribution in [-0.2, 0) is 11.8 Å². The molecule has 16 heteroatoms. The molecule has 0 aliphatic rings. The van der Waals surface area contributed by atoms with Crippen molar-refractivity contribution in [2.24, 2.45) is 0 Å². The SMILES string of the molecule is O=C(Nc1c(I)cc(C(F)(C(F)(F)F)C(F)(F)F)cc1C(F)(F)F)c1cccc(NO)c1F. The molecule has 3 N–H and O–H groups in total. The molecule has 2 aromatic rings. The van der Waals surface area contributed by atoms with E-state index in [-0.39, 0.29) is 6.07 Å². The fraction of sp³-hybridized carbons (Fsp3) is 0.235. The van der Waals surface area contributed by atoms with Crippen molar-refractivity contribution < 1.29 is 58.3 Å². The van der Waals surface area contributed by atoms with Crippen LogP contribution in [0.4, 0.5) is 59.7 Å². The number of hydrogen-bond donors (Lipinski definition) is 3. The number of carbonyl (C=O) groups excluding carboxylic acids is 1. The van der Waals surface area contributed by atoms with E-state index in [4.69, 9.17) is 5.21 Å². The van der Waals surface area contributed by atoms with E-state index in [1.807, 2.05) is 0 Å². The molecule has 0 spiro atoms. The van der Waals surface area contributed by atoms with Gasteiger partial charge in [-0.15, -0.1) is 0 Å². The fourth-order valence-electron chi connectivity index (χ4n) is 2.62. The number of benzene rings is 2. The van der Waals surface area contributed by atoms with Crippen molar-refractivity contribution in [1.82, 2.24) is 0 Å². The van der Waals surface area contributed by atoms with Gasteiger partial charge in [-0.2, -0.15) is 39.5 Å². The molecule has 0 atom stereocenters. The Morgan fingerprint density at radius 3 is 1.91 bits per heavy atom. The van der Waals surface area contributed by atoms with Crippen LogP contribution in [0.5, 0.6) is 0 Å². The van der Waals surface area contributed by atoms with Gasteiger partial charge in [0.2, 0.25) is 0 Å². The molecule has 0 unspecified atom stereocenters. The summed E-state index contributed by atoms with van der Waals surface area (Å²) in [6.07, 6.45) is -19.0. The highest BCUT2D eigenvalue weighted by Crippen LogP contribution is 2.54. The third kappa shape index (κ3) is 4.95. The molecule has 0 heterocycles. The lowest BCUT2D eigenvalue weighted by atomic mass is 9.92. The zero-order chi connectivity index (χ0) is 25.6. The molecule has 2 rings (SSSR count). The molecule has 182 valence electrons. The van der Waals surface area contributed by atoms with Gasteiger partial charge in [0.15, 0.2) is 5.82 Å². The van der Waals surface area contributed by atoms with E-state index in [9.17, 15) is 53.1 Å². The number of halogens is 12. The maximum atomic E-state index is 14.3. The van der Waals surface area contributed by atoms with Crippen molar-refractivity contribution >= 4 is 39.9 Å². The van der Waals surface area contributed by atoms with Gasteiger partial charge in [-0.3, -0.25) is 15.5 Å². The van der Waals surface area contributed by atoms with E-state index in [0.29, 0.717) is 0 Å². The van der Waals surface area contributed by atoms with Gasteiger partial charge in [-0.25, -0.2) is 8.78 Å². The first-order valence-corrected chi connectivity index (χ1v) is 9.17. The number of rotatable bonds is 4. The lowest BCUT2D eigenvalue weighted by molar-refractivity contribution is -0.348. The predicted octanol–water partition coefficient (Wildman–Crippen LogP) is 6.79. The number of nitrogens with one attached hydrogen (secondary N) is 2. The summed E-state index contributed by atoms with van der Waals surface area (Å²) >= 11 is 0.861. The molecular weight excluding hydrogens is 600 g/mol. The molecule has 4 nitrogen and oxygen atoms in total. The van der Waals surface area contributed by atoms with E-state index in [1.54, 1.807) is 5.32 Å². The highest BCUT2D eigenvalue weighted by molar-refractivity contribution is 14.1. The molecule has 2 aromatic carbocycles. The van der Waals surface area contributed by atoms with Gasteiger partial charge in [0.1, 0.15) is 0 Å². The van der Waals surface area contributed by atoms with Crippen molar-refractivity contribution in [3.63, 3.8) is 0 Å². The van der Waals surface area contributed by atoms with Crippen molar-refractivity contribution in [2.45, 2.75) is 24.2 Å². The molecule has 0 aliphatic carbocycles. The van der Waals surface area contributed by atoms with Crippen LogP contribution in [0.25, 0.3) is 0 Å². The predicted molar refractivity (Wildman–Crippen MR) is 98.8 cm³/mol. The Hall–Kier alpha value is -2.37. The van der Waals surface area contributed by atoms with Crippen LogP contribution in [0.15, 0.2) is 30.3 Å². The first kappa shape index (κ1) is 26.9. The number of alkyl halides is 10. The maximum absolute atomic E-state index is 14.3. The minimum Gasteiger partial charge on any atom is -0.320 e. The first-order valence-electron chi connectivity index (χ1n) is 8.09. The van der Waals surface area contributed by atoms with Crippen LogP contribution in [0, 0.1) is 9.39 Å². The molecule has 0 saturated heterocycles. The molecule has 0 radical (unpaired) electrons. The summed E-state index contributed by atoms with van der Waals surface area (Å²) in [5.41, 5.74) is -12.4. The van der Waals surface area contributed by atoms with E-state index >= 15 is 0 Å². The van der Waals surface area contributed by atoms with Crippen LogP contribution < -0.4 is 10.8 Å². The molecular formula is C17H8F11IN2O2. The Morgan fingerprint density at radius 2 is 1.45 bits per heavy atom. The Labute approximate surface area is 189 Å². The summed E-state index contributed by atoms with van der Waals surface area (Å²) < 4.78 is 146. The quantitative estimate of drug-likeness (QED) is 0.204. The third-order valence-corrected chi connectivity index (χ3v) is 5.03. The van der Waals surface area contributed by atoms with E-state index in [2.05, 4.69) is 0 Å². The molecule has 1 amide bonds. The molecule has 33 heavy (non-hydrogen) atoms. The monoisotopic (exact) mass is 608 g/mol. The van der Waals surface area contributed by atoms with E-state index < -0.39 is 73.6 Å². The smallest absolute Gasteiger partial charge is 0.320 e. The van der Waals surface area contributed by atoms with Gasteiger partial charge in [0, 0.05) is 9.13 Å². The summed E-state index contributed by atoms with van der Waals surface area (Å²) in [7, 11) is 0. The van der Waals surface area contributed by atoms with Crippen LogP contribution in [-0.4, -0.2) is 23.5 Å². The standard InChI is InChI=1S/C17H8F11IN2O2/c18-11-7(2-1-3-10(11)31-33)13(32)30-12-8(15(20,21)22)4-6(5-9(12)29)14(19,16(23,24)25)17(26,27)28/h1-5,31,33H,(H,30,32). The lowest BCUT2D eigenvalue weighted by Crippen LogP contribution is -2.50. The second kappa shape index (κ2) is 8.77. The van der Waals surface area contributed by atoms with Gasteiger partial charge < -0.3 is 5.32 Å². The van der Waals surface area contributed by atoms with Crippen LogP contribution in [0.2, 0.25) is 0 Å². The molecule has 0 saturated carbocycles. The van der Waals surface area contributed by atoms with Gasteiger partial charge >= 0.3 is 24.2 Å². The molecule has 0 aromatic heterocycles. The first-order chi connectivity index (χ1) is 14.9. The maximum Gasteiger partial charge on any atom is 0.435 e. The van der Waals surface area contributed by atoms with Crippen molar-refractivity contribution in [2.75, 3.05) is 10.8 Å². The number of carbonyl (C=O) groups is 1. The van der Waals surface area contributed by atoms with E-state index in [0.717, 1.165) is 40.8 Å².